The maximum Gasteiger partial charge on any atom is 0.0101 e. The average Bonchev–Trinajstić information content (AvgIpc) is 2.34. The summed E-state index contributed by atoms with van der Waals surface area (Å²) >= 11 is 0. The second kappa shape index (κ2) is 13.8. The molecule has 1 atom stereocenters. The fourth-order valence-electron chi connectivity index (χ4n) is 2.20. The maximum atomic E-state index is 3.85. The first-order valence-corrected chi connectivity index (χ1v) is 7.69. The van der Waals surface area contributed by atoms with Gasteiger partial charge in [-0.2, -0.15) is 0 Å². The number of nitrogens with one attached hydrogen (secondary N) is 1. The molecule has 0 aromatic rings. The molecule has 17 heavy (non-hydrogen) atoms. The highest BCUT2D eigenvalue weighted by atomic mass is 14.9. The van der Waals surface area contributed by atoms with Gasteiger partial charge in [0.25, 0.3) is 0 Å². The van der Waals surface area contributed by atoms with Crippen LogP contribution in [0.15, 0.2) is 12.7 Å². The quantitative estimate of drug-likeness (QED) is 0.349. The first-order chi connectivity index (χ1) is 8.35. The molecule has 0 rings (SSSR count). The van der Waals surface area contributed by atoms with E-state index in [9.17, 15) is 0 Å². The van der Waals surface area contributed by atoms with E-state index >= 15 is 0 Å². The van der Waals surface area contributed by atoms with Crippen molar-refractivity contribution in [1.29, 1.82) is 0 Å². The van der Waals surface area contributed by atoms with Crippen molar-refractivity contribution in [2.24, 2.45) is 0 Å². The van der Waals surface area contributed by atoms with E-state index in [0.717, 1.165) is 13.0 Å². The van der Waals surface area contributed by atoms with Crippen LogP contribution in [0.25, 0.3) is 0 Å². The first-order valence-electron chi connectivity index (χ1n) is 7.69. The minimum Gasteiger partial charge on any atom is -0.314 e. The molecule has 1 unspecified atom stereocenters. The Morgan fingerprint density at radius 1 is 0.941 bits per heavy atom. The van der Waals surface area contributed by atoms with Crippen LogP contribution >= 0.6 is 0 Å². The molecule has 0 aromatic carbocycles. The van der Waals surface area contributed by atoms with Crippen LogP contribution in [0.4, 0.5) is 0 Å². The largest absolute Gasteiger partial charge is 0.314 e. The van der Waals surface area contributed by atoms with Crippen LogP contribution in [0.5, 0.6) is 0 Å². The van der Waals surface area contributed by atoms with Crippen molar-refractivity contribution < 1.29 is 0 Å². The van der Waals surface area contributed by atoms with E-state index < -0.39 is 0 Å². The van der Waals surface area contributed by atoms with E-state index in [1.165, 1.54) is 57.8 Å². The van der Waals surface area contributed by atoms with Gasteiger partial charge in [-0.3, -0.25) is 0 Å². The normalized spacial score (nSPS) is 12.6. The molecule has 0 spiro atoms. The molecule has 0 fully saturated rings. The van der Waals surface area contributed by atoms with Gasteiger partial charge in [-0.15, -0.1) is 6.58 Å². The van der Waals surface area contributed by atoms with Crippen molar-refractivity contribution in [3.05, 3.63) is 12.7 Å². The van der Waals surface area contributed by atoms with Gasteiger partial charge in [-0.1, -0.05) is 64.9 Å². The molecule has 1 heteroatoms. The summed E-state index contributed by atoms with van der Waals surface area (Å²) in [4.78, 5) is 0. The Bertz CT molecular complexity index is 154. The smallest absolute Gasteiger partial charge is 0.0101 e. The number of rotatable bonds is 13. The molecule has 0 bridgehead atoms. The van der Waals surface area contributed by atoms with Gasteiger partial charge in [0.2, 0.25) is 0 Å². The second-order valence-electron chi connectivity index (χ2n) is 5.09. The third kappa shape index (κ3) is 12.0. The van der Waals surface area contributed by atoms with Gasteiger partial charge in [-0.25, -0.2) is 0 Å². The molecule has 0 saturated heterocycles. The molecule has 0 aliphatic heterocycles. The van der Waals surface area contributed by atoms with Crippen LogP contribution in [0.2, 0.25) is 0 Å². The Kier molecular flexibility index (Phi) is 13.5. The average molecular weight is 239 g/mol. The van der Waals surface area contributed by atoms with Crippen LogP contribution < -0.4 is 5.32 Å². The molecule has 0 radical (unpaired) electrons. The standard InChI is InChI=1S/C16H33N/c1-4-7-8-9-10-11-12-14-16(13-5-2)17-15-6-3/h5,16-17H,2,4,6-15H2,1,3H3. The lowest BCUT2D eigenvalue weighted by Crippen LogP contribution is -2.29. The predicted molar refractivity (Wildman–Crippen MR) is 79.5 cm³/mol. The maximum absolute atomic E-state index is 3.85. The second-order valence-corrected chi connectivity index (χ2v) is 5.09. The summed E-state index contributed by atoms with van der Waals surface area (Å²) in [5.74, 6) is 0. The fraction of sp³-hybridized carbons (Fsp3) is 0.875. The van der Waals surface area contributed by atoms with Crippen molar-refractivity contribution in [3.8, 4) is 0 Å². The van der Waals surface area contributed by atoms with Gasteiger partial charge < -0.3 is 5.32 Å². The Balaban J connectivity index is 3.36. The van der Waals surface area contributed by atoms with Crippen LogP contribution in [-0.2, 0) is 0 Å². The summed E-state index contributed by atoms with van der Waals surface area (Å²) in [5.41, 5.74) is 0. The van der Waals surface area contributed by atoms with Gasteiger partial charge in [0.1, 0.15) is 0 Å². The molecule has 0 saturated carbocycles. The van der Waals surface area contributed by atoms with E-state index in [-0.39, 0.29) is 0 Å². The van der Waals surface area contributed by atoms with Crippen molar-refractivity contribution >= 4 is 0 Å². The molecule has 1 N–H and O–H groups in total. The van der Waals surface area contributed by atoms with E-state index in [0.29, 0.717) is 6.04 Å². The van der Waals surface area contributed by atoms with E-state index in [1.54, 1.807) is 0 Å². The zero-order valence-corrected chi connectivity index (χ0v) is 12.1. The van der Waals surface area contributed by atoms with Gasteiger partial charge in [0.05, 0.1) is 0 Å². The first kappa shape index (κ1) is 16.7. The number of hydrogen-bond donors (Lipinski definition) is 1. The third-order valence-electron chi connectivity index (χ3n) is 3.29. The van der Waals surface area contributed by atoms with Gasteiger partial charge in [0.15, 0.2) is 0 Å². The molecule has 1 nitrogen and oxygen atoms in total. The Morgan fingerprint density at radius 3 is 2.18 bits per heavy atom. The fourth-order valence-corrected chi connectivity index (χ4v) is 2.20. The zero-order chi connectivity index (χ0) is 12.8. The summed E-state index contributed by atoms with van der Waals surface area (Å²) in [6.45, 7) is 9.50. The lowest BCUT2D eigenvalue weighted by Gasteiger charge is -2.16. The summed E-state index contributed by atoms with van der Waals surface area (Å²) in [5, 5.41) is 3.61. The minimum atomic E-state index is 0.670. The van der Waals surface area contributed by atoms with Crippen LogP contribution in [0.3, 0.4) is 0 Å². The van der Waals surface area contributed by atoms with Gasteiger partial charge in [-0.05, 0) is 25.8 Å². The monoisotopic (exact) mass is 239 g/mol. The highest BCUT2D eigenvalue weighted by molar-refractivity contribution is 4.77. The lowest BCUT2D eigenvalue weighted by atomic mass is 10.0. The van der Waals surface area contributed by atoms with E-state index in [4.69, 9.17) is 0 Å². The van der Waals surface area contributed by atoms with E-state index in [2.05, 4.69) is 31.8 Å². The summed E-state index contributed by atoms with van der Waals surface area (Å²) in [6.07, 6.45) is 15.6. The van der Waals surface area contributed by atoms with Crippen molar-refractivity contribution in [2.45, 2.75) is 84.1 Å². The molecular weight excluding hydrogens is 206 g/mol. The minimum absolute atomic E-state index is 0.670. The molecular formula is C16H33N. The van der Waals surface area contributed by atoms with Crippen molar-refractivity contribution in [3.63, 3.8) is 0 Å². The van der Waals surface area contributed by atoms with Crippen LogP contribution in [0, 0.1) is 0 Å². The SMILES string of the molecule is C=CCC(CCCCCCCCC)NCCC. The van der Waals surface area contributed by atoms with Crippen LogP contribution in [-0.4, -0.2) is 12.6 Å². The summed E-state index contributed by atoms with van der Waals surface area (Å²) in [6, 6.07) is 0.670. The highest BCUT2D eigenvalue weighted by Gasteiger charge is 2.04. The Morgan fingerprint density at radius 2 is 1.59 bits per heavy atom. The van der Waals surface area contributed by atoms with Gasteiger partial charge in [0, 0.05) is 6.04 Å². The summed E-state index contributed by atoms with van der Waals surface area (Å²) < 4.78 is 0. The molecule has 0 amide bonds. The van der Waals surface area contributed by atoms with Crippen LogP contribution in [0.1, 0.15) is 78.1 Å². The summed E-state index contributed by atoms with van der Waals surface area (Å²) in [7, 11) is 0. The number of hydrogen-bond acceptors (Lipinski definition) is 1. The Labute approximate surface area is 109 Å². The molecule has 0 aliphatic carbocycles. The lowest BCUT2D eigenvalue weighted by molar-refractivity contribution is 0.455. The van der Waals surface area contributed by atoms with Crippen molar-refractivity contribution in [2.75, 3.05) is 6.54 Å². The molecule has 0 heterocycles. The zero-order valence-electron chi connectivity index (χ0n) is 12.1. The van der Waals surface area contributed by atoms with Gasteiger partial charge >= 0.3 is 0 Å². The predicted octanol–water partition coefficient (Wildman–Crippen LogP) is 5.07. The molecule has 102 valence electrons. The molecule has 0 aliphatic rings. The Hall–Kier alpha value is -0.300. The third-order valence-corrected chi connectivity index (χ3v) is 3.29. The van der Waals surface area contributed by atoms with E-state index in [1.807, 2.05) is 0 Å². The topological polar surface area (TPSA) is 12.0 Å². The number of unbranched alkanes of at least 4 members (excludes halogenated alkanes) is 6. The van der Waals surface area contributed by atoms with Crippen molar-refractivity contribution in [1.82, 2.24) is 5.32 Å². The molecule has 0 aromatic heterocycles. The highest BCUT2D eigenvalue weighted by Crippen LogP contribution is 2.11.